The second-order valence-corrected chi connectivity index (χ2v) is 10.6. The van der Waals surface area contributed by atoms with Gasteiger partial charge in [-0.2, -0.15) is 0 Å². The summed E-state index contributed by atoms with van der Waals surface area (Å²) in [4.78, 5) is 18.8. The molecule has 0 atom stereocenters. The molecule has 0 spiro atoms. The molecule has 1 amide bonds. The van der Waals surface area contributed by atoms with Crippen molar-refractivity contribution in [2.45, 2.75) is 51.0 Å². The summed E-state index contributed by atoms with van der Waals surface area (Å²) >= 11 is 6.10. The monoisotopic (exact) mass is 430 g/mol. The Bertz CT molecular complexity index is 1150. The van der Waals surface area contributed by atoms with Crippen molar-refractivity contribution >= 4 is 28.4 Å². The van der Waals surface area contributed by atoms with Crippen molar-refractivity contribution in [3.05, 3.63) is 64.7 Å². The molecule has 1 aromatic heterocycles. The van der Waals surface area contributed by atoms with Crippen LogP contribution in [-0.2, 0) is 0 Å². The first-order valence-electron chi connectivity index (χ1n) is 11.5. The van der Waals surface area contributed by atoms with Gasteiger partial charge in [-0.15, -0.1) is 0 Å². The third kappa shape index (κ3) is 3.25. The van der Waals surface area contributed by atoms with Crippen molar-refractivity contribution < 1.29 is 4.79 Å². The van der Waals surface area contributed by atoms with Crippen LogP contribution < -0.4 is 5.32 Å². The Labute approximate surface area is 188 Å². The lowest BCUT2D eigenvalue weighted by Crippen LogP contribution is -2.59. The summed E-state index contributed by atoms with van der Waals surface area (Å²) in [7, 11) is 0. The topological polar surface area (TPSA) is 42.0 Å². The van der Waals surface area contributed by atoms with Gasteiger partial charge < -0.3 is 5.32 Å². The van der Waals surface area contributed by atoms with Crippen molar-refractivity contribution in [3.8, 4) is 11.3 Å². The van der Waals surface area contributed by atoms with E-state index in [9.17, 15) is 4.79 Å². The molecule has 4 aliphatic rings. The molecule has 7 rings (SSSR count). The smallest absolute Gasteiger partial charge is 0.252 e. The van der Waals surface area contributed by atoms with E-state index in [1.807, 2.05) is 55.5 Å². The van der Waals surface area contributed by atoms with Gasteiger partial charge in [-0.3, -0.25) is 4.79 Å². The van der Waals surface area contributed by atoms with E-state index >= 15 is 0 Å². The van der Waals surface area contributed by atoms with E-state index in [-0.39, 0.29) is 11.4 Å². The third-order valence-electron chi connectivity index (χ3n) is 7.90. The van der Waals surface area contributed by atoms with E-state index < -0.39 is 0 Å². The highest BCUT2D eigenvalue weighted by Gasteiger charge is 2.51. The largest absolute Gasteiger partial charge is 0.347 e. The molecule has 1 N–H and O–H groups in total. The van der Waals surface area contributed by atoms with Gasteiger partial charge in [0.2, 0.25) is 0 Å². The van der Waals surface area contributed by atoms with E-state index in [0.29, 0.717) is 5.02 Å². The highest BCUT2D eigenvalue weighted by molar-refractivity contribution is 6.30. The SMILES string of the molecule is Cc1c(-c2ccc(Cl)cc2)nc2ccccc2c1C(=O)NC12CC3CC(CC(C3)C1)C2. The van der Waals surface area contributed by atoms with Crippen molar-refractivity contribution in [1.82, 2.24) is 10.3 Å². The Hall–Kier alpha value is -2.39. The van der Waals surface area contributed by atoms with Crippen LogP contribution >= 0.6 is 11.6 Å². The molecule has 4 aliphatic carbocycles. The van der Waals surface area contributed by atoms with Crippen LogP contribution in [-0.4, -0.2) is 16.4 Å². The molecule has 4 fully saturated rings. The predicted octanol–water partition coefficient (Wildman–Crippen LogP) is 6.56. The Morgan fingerprint density at radius 1 is 0.968 bits per heavy atom. The van der Waals surface area contributed by atoms with Crippen molar-refractivity contribution in [3.63, 3.8) is 0 Å². The van der Waals surface area contributed by atoms with Gasteiger partial charge in [-0.25, -0.2) is 4.98 Å². The summed E-state index contributed by atoms with van der Waals surface area (Å²) in [5, 5.41) is 5.20. The van der Waals surface area contributed by atoms with Crippen molar-refractivity contribution in [2.75, 3.05) is 0 Å². The van der Waals surface area contributed by atoms with E-state index in [1.54, 1.807) is 0 Å². The van der Waals surface area contributed by atoms with Crippen molar-refractivity contribution in [2.24, 2.45) is 17.8 Å². The Kier molecular flexibility index (Phi) is 4.40. The summed E-state index contributed by atoms with van der Waals surface area (Å²) in [6, 6.07) is 15.7. The van der Waals surface area contributed by atoms with Crippen molar-refractivity contribution in [1.29, 1.82) is 0 Å². The predicted molar refractivity (Wildman–Crippen MR) is 125 cm³/mol. The molecule has 2 aromatic carbocycles. The van der Waals surface area contributed by atoms with Crippen LogP contribution in [0, 0.1) is 24.7 Å². The summed E-state index contributed by atoms with van der Waals surface area (Å²) in [6.07, 6.45) is 7.55. The molecule has 0 aliphatic heterocycles. The maximum atomic E-state index is 13.8. The van der Waals surface area contributed by atoms with E-state index in [1.165, 1.54) is 19.3 Å². The lowest BCUT2D eigenvalue weighted by atomic mass is 9.53. The number of pyridine rings is 1. The molecule has 4 bridgehead atoms. The van der Waals surface area contributed by atoms with Gasteiger partial charge in [0.25, 0.3) is 5.91 Å². The Morgan fingerprint density at radius 2 is 1.58 bits per heavy atom. The zero-order chi connectivity index (χ0) is 21.2. The highest BCUT2D eigenvalue weighted by Crippen LogP contribution is 2.55. The summed E-state index contributed by atoms with van der Waals surface area (Å²) < 4.78 is 0. The molecular weight excluding hydrogens is 404 g/mol. The zero-order valence-corrected chi connectivity index (χ0v) is 18.6. The molecule has 3 aromatic rings. The lowest BCUT2D eigenvalue weighted by Gasteiger charge is -2.56. The Balaban J connectivity index is 1.44. The number of halogens is 1. The third-order valence-corrected chi connectivity index (χ3v) is 8.15. The van der Waals surface area contributed by atoms with Gasteiger partial charge in [0.15, 0.2) is 0 Å². The van der Waals surface area contributed by atoms with Gasteiger partial charge in [-0.05, 0) is 87.0 Å². The average Bonchev–Trinajstić information content (AvgIpc) is 2.72. The molecule has 4 saturated carbocycles. The molecule has 0 radical (unpaired) electrons. The number of rotatable bonds is 3. The molecule has 0 unspecified atom stereocenters. The van der Waals surface area contributed by atoms with Crippen LogP contribution in [0.1, 0.15) is 54.4 Å². The van der Waals surface area contributed by atoms with Gasteiger partial charge in [-0.1, -0.05) is 41.9 Å². The van der Waals surface area contributed by atoms with Crippen LogP contribution in [0.2, 0.25) is 5.02 Å². The van der Waals surface area contributed by atoms with E-state index in [2.05, 4.69) is 5.32 Å². The van der Waals surface area contributed by atoms with Crippen LogP contribution in [0.3, 0.4) is 0 Å². The summed E-state index contributed by atoms with van der Waals surface area (Å²) in [6.45, 7) is 2.03. The van der Waals surface area contributed by atoms with E-state index in [0.717, 1.165) is 70.3 Å². The standard InChI is InChI=1S/C27H27ClN2O/c1-16-24(26(31)30-27-13-17-10-18(14-27)12-19(11-17)15-27)22-4-2-3-5-23(22)29-25(16)20-6-8-21(28)9-7-20/h2-9,17-19H,10-15H2,1H3,(H,30,31). The number of fused-ring (bicyclic) bond motifs is 1. The molecule has 4 heteroatoms. The maximum absolute atomic E-state index is 13.8. The minimum Gasteiger partial charge on any atom is -0.347 e. The Morgan fingerprint density at radius 3 is 2.23 bits per heavy atom. The second kappa shape index (κ2) is 7.06. The first-order chi connectivity index (χ1) is 15.0. The number of hydrogen-bond donors (Lipinski definition) is 1. The number of nitrogens with zero attached hydrogens (tertiary/aromatic N) is 1. The van der Waals surface area contributed by atoms with Crippen LogP contribution in [0.25, 0.3) is 22.2 Å². The molecule has 1 heterocycles. The first kappa shape index (κ1) is 19.3. The molecule has 31 heavy (non-hydrogen) atoms. The number of hydrogen-bond acceptors (Lipinski definition) is 2. The van der Waals surface area contributed by atoms with Gasteiger partial charge in [0.05, 0.1) is 16.8 Å². The second-order valence-electron chi connectivity index (χ2n) is 10.1. The van der Waals surface area contributed by atoms with Crippen LogP contribution in [0.4, 0.5) is 0 Å². The minimum absolute atomic E-state index is 0.0108. The normalized spacial score (nSPS) is 28.8. The summed E-state index contributed by atoms with van der Waals surface area (Å²) in [5.41, 5.74) is 4.38. The molecular formula is C27H27ClN2O. The highest BCUT2D eigenvalue weighted by atomic mass is 35.5. The van der Waals surface area contributed by atoms with Crippen LogP contribution in [0.15, 0.2) is 48.5 Å². The fourth-order valence-electron chi connectivity index (χ4n) is 7.06. The van der Waals surface area contributed by atoms with E-state index in [4.69, 9.17) is 16.6 Å². The first-order valence-corrected chi connectivity index (χ1v) is 11.9. The lowest BCUT2D eigenvalue weighted by molar-refractivity contribution is -0.0166. The number of benzene rings is 2. The summed E-state index contributed by atoms with van der Waals surface area (Å²) in [5.74, 6) is 2.46. The number of nitrogens with one attached hydrogen (secondary N) is 1. The fraction of sp³-hybridized carbons (Fsp3) is 0.407. The molecule has 158 valence electrons. The average molecular weight is 431 g/mol. The number of carbonyl (C=O) groups is 1. The number of aromatic nitrogens is 1. The molecule has 0 saturated heterocycles. The number of amides is 1. The number of carbonyl (C=O) groups excluding carboxylic acids is 1. The quantitative estimate of drug-likeness (QED) is 0.511. The molecule has 3 nitrogen and oxygen atoms in total. The van der Waals surface area contributed by atoms with Crippen LogP contribution in [0.5, 0.6) is 0 Å². The fourth-order valence-corrected chi connectivity index (χ4v) is 7.18. The maximum Gasteiger partial charge on any atom is 0.252 e. The van der Waals surface area contributed by atoms with Gasteiger partial charge in [0.1, 0.15) is 0 Å². The van der Waals surface area contributed by atoms with Gasteiger partial charge in [0, 0.05) is 21.5 Å². The zero-order valence-electron chi connectivity index (χ0n) is 17.8. The number of para-hydroxylation sites is 1. The van der Waals surface area contributed by atoms with Gasteiger partial charge >= 0.3 is 0 Å². The minimum atomic E-state index is -0.0108.